The van der Waals surface area contributed by atoms with Gasteiger partial charge in [0.1, 0.15) is 17.4 Å². The molecule has 0 aliphatic rings. The van der Waals surface area contributed by atoms with Crippen molar-refractivity contribution in [2.45, 2.75) is 20.3 Å². The van der Waals surface area contributed by atoms with E-state index in [-0.39, 0.29) is 5.82 Å². The summed E-state index contributed by atoms with van der Waals surface area (Å²) >= 11 is 1.27. The Bertz CT molecular complexity index is 557. The Kier molecular flexibility index (Phi) is 4.31. The molecule has 102 valence electrons. The minimum Gasteiger partial charge on any atom is -0.497 e. The zero-order valence-electron chi connectivity index (χ0n) is 11.1. The van der Waals surface area contributed by atoms with Gasteiger partial charge in [0, 0.05) is 35.8 Å². The van der Waals surface area contributed by atoms with E-state index in [1.165, 1.54) is 30.8 Å². The van der Waals surface area contributed by atoms with Crippen LogP contribution in [0.4, 0.5) is 15.2 Å². The van der Waals surface area contributed by atoms with Gasteiger partial charge < -0.3 is 10.1 Å². The molecular weight excluding hydrogens is 265 g/mol. The van der Waals surface area contributed by atoms with E-state index in [4.69, 9.17) is 4.74 Å². The highest BCUT2D eigenvalue weighted by Crippen LogP contribution is 2.24. The van der Waals surface area contributed by atoms with E-state index in [9.17, 15) is 4.39 Å². The van der Waals surface area contributed by atoms with Crippen molar-refractivity contribution in [3.63, 3.8) is 0 Å². The number of anilines is 2. The molecule has 0 saturated carbocycles. The molecule has 4 nitrogen and oxygen atoms in total. The van der Waals surface area contributed by atoms with Crippen molar-refractivity contribution in [3.05, 3.63) is 29.8 Å². The van der Waals surface area contributed by atoms with Gasteiger partial charge in [-0.15, -0.1) is 0 Å². The second-order valence-corrected chi connectivity index (χ2v) is 5.37. The fourth-order valence-electron chi connectivity index (χ4n) is 1.63. The SMILES string of the molecule is COc1cc(F)cc(Nc2nc(CC(C)C)ns2)c1. The van der Waals surface area contributed by atoms with Crippen LogP contribution in [0.1, 0.15) is 19.7 Å². The van der Waals surface area contributed by atoms with E-state index < -0.39 is 0 Å². The molecule has 19 heavy (non-hydrogen) atoms. The largest absolute Gasteiger partial charge is 0.497 e. The Morgan fingerprint density at radius 1 is 1.37 bits per heavy atom. The molecule has 0 radical (unpaired) electrons. The first kappa shape index (κ1) is 13.7. The molecule has 1 aromatic heterocycles. The van der Waals surface area contributed by atoms with Crippen LogP contribution in [-0.4, -0.2) is 16.5 Å². The van der Waals surface area contributed by atoms with Crippen molar-refractivity contribution in [2.24, 2.45) is 5.92 Å². The lowest BCUT2D eigenvalue weighted by Crippen LogP contribution is -1.97. The summed E-state index contributed by atoms with van der Waals surface area (Å²) in [5.74, 6) is 1.44. The number of methoxy groups -OCH3 is 1. The van der Waals surface area contributed by atoms with Crippen LogP contribution < -0.4 is 10.1 Å². The third-order valence-corrected chi connectivity index (χ3v) is 3.09. The van der Waals surface area contributed by atoms with E-state index >= 15 is 0 Å². The molecule has 2 aromatic rings. The van der Waals surface area contributed by atoms with Gasteiger partial charge >= 0.3 is 0 Å². The Balaban J connectivity index is 2.12. The quantitative estimate of drug-likeness (QED) is 0.909. The second kappa shape index (κ2) is 5.97. The molecule has 1 N–H and O–H groups in total. The third-order valence-electron chi connectivity index (χ3n) is 2.42. The Labute approximate surface area is 115 Å². The van der Waals surface area contributed by atoms with E-state index in [1.54, 1.807) is 6.07 Å². The van der Waals surface area contributed by atoms with E-state index in [0.717, 1.165) is 12.2 Å². The Morgan fingerprint density at radius 2 is 2.16 bits per heavy atom. The molecular formula is C13H16FN3OS. The monoisotopic (exact) mass is 281 g/mol. The lowest BCUT2D eigenvalue weighted by atomic mass is 10.1. The zero-order valence-corrected chi connectivity index (χ0v) is 11.9. The van der Waals surface area contributed by atoms with Gasteiger partial charge in [-0.05, 0) is 12.0 Å². The van der Waals surface area contributed by atoms with E-state index in [1.807, 2.05) is 0 Å². The van der Waals surface area contributed by atoms with Crippen LogP contribution in [0, 0.1) is 11.7 Å². The molecule has 0 aliphatic carbocycles. The smallest absolute Gasteiger partial charge is 0.207 e. The lowest BCUT2D eigenvalue weighted by molar-refractivity contribution is 0.411. The third kappa shape index (κ3) is 3.89. The zero-order chi connectivity index (χ0) is 13.8. The summed E-state index contributed by atoms with van der Waals surface area (Å²) in [6.45, 7) is 4.23. The first-order valence-electron chi connectivity index (χ1n) is 6.01. The molecule has 0 aliphatic heterocycles. The minimum absolute atomic E-state index is 0.353. The fourth-order valence-corrected chi connectivity index (χ4v) is 2.25. The first-order chi connectivity index (χ1) is 9.06. The molecule has 0 amide bonds. The lowest BCUT2D eigenvalue weighted by Gasteiger charge is -2.05. The number of ether oxygens (including phenoxy) is 1. The van der Waals surface area contributed by atoms with Gasteiger partial charge in [0.2, 0.25) is 5.13 Å². The number of rotatable bonds is 5. The maximum Gasteiger partial charge on any atom is 0.207 e. The highest BCUT2D eigenvalue weighted by molar-refractivity contribution is 7.09. The molecule has 2 rings (SSSR count). The summed E-state index contributed by atoms with van der Waals surface area (Å²) in [5.41, 5.74) is 0.601. The molecule has 0 atom stereocenters. The van der Waals surface area contributed by atoms with Crippen LogP contribution >= 0.6 is 11.5 Å². The summed E-state index contributed by atoms with van der Waals surface area (Å²) < 4.78 is 22.6. The molecule has 1 aromatic carbocycles. The van der Waals surface area contributed by atoms with Crippen molar-refractivity contribution in [3.8, 4) is 5.75 Å². The van der Waals surface area contributed by atoms with Crippen molar-refractivity contribution in [2.75, 3.05) is 12.4 Å². The van der Waals surface area contributed by atoms with Gasteiger partial charge in [0.15, 0.2) is 0 Å². The average molecular weight is 281 g/mol. The number of nitrogens with zero attached hydrogens (tertiary/aromatic N) is 2. The highest BCUT2D eigenvalue weighted by atomic mass is 32.1. The van der Waals surface area contributed by atoms with Gasteiger partial charge in [-0.1, -0.05) is 13.8 Å². The number of hydrogen-bond donors (Lipinski definition) is 1. The molecule has 0 bridgehead atoms. The van der Waals surface area contributed by atoms with Crippen LogP contribution in [0.25, 0.3) is 0 Å². The van der Waals surface area contributed by atoms with Gasteiger partial charge in [-0.3, -0.25) is 0 Å². The van der Waals surface area contributed by atoms with Crippen molar-refractivity contribution < 1.29 is 9.13 Å². The molecule has 6 heteroatoms. The molecule has 0 spiro atoms. The standard InChI is InChI=1S/C13H16FN3OS/c1-8(2)4-12-16-13(19-17-12)15-10-5-9(14)6-11(7-10)18-3/h5-8H,4H2,1-3H3,(H,15,16,17). The van der Waals surface area contributed by atoms with Crippen LogP contribution in [-0.2, 0) is 6.42 Å². The maximum absolute atomic E-state index is 13.3. The normalized spacial score (nSPS) is 10.8. The van der Waals surface area contributed by atoms with Gasteiger partial charge in [-0.25, -0.2) is 9.37 Å². The summed E-state index contributed by atoms with van der Waals surface area (Å²) in [4.78, 5) is 4.36. The Hall–Kier alpha value is -1.69. The first-order valence-corrected chi connectivity index (χ1v) is 6.78. The van der Waals surface area contributed by atoms with Gasteiger partial charge in [0.05, 0.1) is 7.11 Å². The van der Waals surface area contributed by atoms with Crippen molar-refractivity contribution >= 4 is 22.4 Å². The molecule has 1 heterocycles. The minimum atomic E-state index is -0.353. The number of benzene rings is 1. The van der Waals surface area contributed by atoms with E-state index in [2.05, 4.69) is 28.5 Å². The number of aromatic nitrogens is 2. The van der Waals surface area contributed by atoms with Crippen molar-refractivity contribution in [1.82, 2.24) is 9.36 Å². The summed E-state index contributed by atoms with van der Waals surface area (Å²) in [6, 6.07) is 4.44. The summed E-state index contributed by atoms with van der Waals surface area (Å²) in [5, 5.41) is 3.69. The predicted molar refractivity (Wildman–Crippen MR) is 74.7 cm³/mol. The second-order valence-electron chi connectivity index (χ2n) is 4.62. The number of hydrogen-bond acceptors (Lipinski definition) is 5. The highest BCUT2D eigenvalue weighted by Gasteiger charge is 2.07. The molecule has 0 unspecified atom stereocenters. The van der Waals surface area contributed by atoms with E-state index in [0.29, 0.717) is 22.5 Å². The molecule has 0 fully saturated rings. The fraction of sp³-hybridized carbons (Fsp3) is 0.385. The topological polar surface area (TPSA) is 47.0 Å². The van der Waals surface area contributed by atoms with Crippen LogP contribution in [0.5, 0.6) is 5.75 Å². The van der Waals surface area contributed by atoms with Crippen molar-refractivity contribution in [1.29, 1.82) is 0 Å². The van der Waals surface area contributed by atoms with Crippen LogP contribution in [0.2, 0.25) is 0 Å². The predicted octanol–water partition coefficient (Wildman–Crippen LogP) is 3.63. The number of nitrogens with one attached hydrogen (secondary N) is 1. The number of halogens is 1. The molecule has 0 saturated heterocycles. The van der Waals surface area contributed by atoms with Crippen LogP contribution in [0.3, 0.4) is 0 Å². The maximum atomic E-state index is 13.3. The van der Waals surface area contributed by atoms with Gasteiger partial charge in [0.25, 0.3) is 0 Å². The summed E-state index contributed by atoms with van der Waals surface area (Å²) in [7, 11) is 1.50. The van der Waals surface area contributed by atoms with Crippen LogP contribution in [0.15, 0.2) is 18.2 Å². The average Bonchev–Trinajstić information content (AvgIpc) is 2.74. The summed E-state index contributed by atoms with van der Waals surface area (Å²) in [6.07, 6.45) is 0.838. The van der Waals surface area contributed by atoms with Gasteiger partial charge in [-0.2, -0.15) is 4.37 Å². The Morgan fingerprint density at radius 3 is 2.84 bits per heavy atom.